The first kappa shape index (κ1) is 14.7. The predicted molar refractivity (Wildman–Crippen MR) is 90.3 cm³/mol. The number of hydrogen-bond donors (Lipinski definition) is 0. The molecule has 0 aromatic rings. The summed E-state index contributed by atoms with van der Waals surface area (Å²) in [5.41, 5.74) is 2.32. The van der Waals surface area contributed by atoms with E-state index < -0.39 is 0 Å². The number of hydrogen-bond acceptors (Lipinski definition) is 1. The fourth-order valence-corrected chi connectivity index (χ4v) is 11.0. The molecule has 3 aliphatic carbocycles. The fourth-order valence-electron chi connectivity index (χ4n) is 5.02. The zero-order valence-corrected chi connectivity index (χ0v) is 15.0. The Hall–Kier alpha value is 0.780. The molecule has 110 valence electrons. The summed E-state index contributed by atoms with van der Waals surface area (Å²) in [6, 6.07) is 0. The van der Waals surface area contributed by atoms with Crippen molar-refractivity contribution in [2.24, 2.45) is 16.7 Å². The third kappa shape index (κ3) is 2.32. The van der Waals surface area contributed by atoms with Gasteiger partial charge in [0.1, 0.15) is 0 Å². The van der Waals surface area contributed by atoms with Gasteiger partial charge in [-0.3, -0.25) is 0 Å². The third-order valence-corrected chi connectivity index (χ3v) is 12.6. The van der Waals surface area contributed by atoms with Crippen molar-refractivity contribution in [3.63, 3.8) is 0 Å². The molecule has 0 aromatic carbocycles. The lowest BCUT2D eigenvalue weighted by atomic mass is 9.71. The van der Waals surface area contributed by atoms with Crippen LogP contribution in [0.2, 0.25) is 0 Å². The molecule has 3 rings (SSSR count). The monoisotopic (exact) mass is 298 g/mol. The first-order valence-corrected chi connectivity index (χ1v) is 11.7. The molecule has 0 heterocycles. The van der Waals surface area contributed by atoms with Crippen LogP contribution in [-0.2, 0) is 0 Å². The molecule has 3 saturated carbocycles. The van der Waals surface area contributed by atoms with Gasteiger partial charge in [-0.15, -0.1) is 11.4 Å². The van der Waals surface area contributed by atoms with Crippen molar-refractivity contribution >= 4 is 18.5 Å². The molecular formula is C17H31PS. The predicted octanol–water partition coefficient (Wildman–Crippen LogP) is 6.29. The van der Waals surface area contributed by atoms with Gasteiger partial charge in [-0.05, 0) is 68.3 Å². The first-order chi connectivity index (χ1) is 8.95. The number of fused-ring (bicyclic) bond motifs is 2. The van der Waals surface area contributed by atoms with Gasteiger partial charge in [-0.25, -0.2) is 0 Å². The van der Waals surface area contributed by atoms with Crippen LogP contribution in [0.5, 0.6) is 0 Å². The van der Waals surface area contributed by atoms with Gasteiger partial charge in [0.25, 0.3) is 0 Å². The van der Waals surface area contributed by atoms with Crippen LogP contribution in [0.4, 0.5) is 0 Å². The van der Waals surface area contributed by atoms with E-state index in [0.29, 0.717) is 10.8 Å². The van der Waals surface area contributed by atoms with Crippen molar-refractivity contribution in [2.75, 3.05) is 6.66 Å². The summed E-state index contributed by atoms with van der Waals surface area (Å²) in [7, 11) is 0.222. The Balaban J connectivity index is 1.65. The van der Waals surface area contributed by atoms with Crippen molar-refractivity contribution in [3.05, 3.63) is 0 Å². The molecule has 2 bridgehead atoms. The Kier molecular flexibility index (Phi) is 4.03. The maximum atomic E-state index is 2.61. The van der Waals surface area contributed by atoms with Crippen LogP contribution in [-0.4, -0.2) is 17.6 Å². The highest BCUT2D eigenvalue weighted by Crippen LogP contribution is 2.72. The average molecular weight is 298 g/mol. The minimum absolute atomic E-state index is 0.222. The summed E-state index contributed by atoms with van der Waals surface area (Å²) in [4.78, 5) is 0. The van der Waals surface area contributed by atoms with E-state index in [1.165, 1.54) is 51.4 Å². The molecule has 3 fully saturated rings. The highest BCUT2D eigenvalue weighted by molar-refractivity contribution is 8.56. The second kappa shape index (κ2) is 5.20. The molecule has 0 amide bonds. The lowest BCUT2D eigenvalue weighted by Gasteiger charge is -2.41. The molecular weight excluding hydrogens is 267 g/mol. The van der Waals surface area contributed by atoms with Crippen molar-refractivity contribution in [1.29, 1.82) is 0 Å². The van der Waals surface area contributed by atoms with Gasteiger partial charge >= 0.3 is 0 Å². The maximum Gasteiger partial charge on any atom is 0.0150 e. The van der Waals surface area contributed by atoms with Gasteiger partial charge < -0.3 is 0 Å². The molecule has 0 aliphatic heterocycles. The molecule has 0 N–H and O–H groups in total. The standard InChI is InChI=1S/C17H31PS/c1-16(2)13-10-11-17(16,3)15(12-13)19-18(4)14-8-6-5-7-9-14/h13-15H,5-12H2,1-4H3/t13-,15-,17+,18+/m1/s1. The van der Waals surface area contributed by atoms with Gasteiger partial charge in [0.05, 0.1) is 0 Å². The van der Waals surface area contributed by atoms with E-state index in [1.807, 2.05) is 0 Å². The van der Waals surface area contributed by atoms with E-state index >= 15 is 0 Å². The zero-order chi connectivity index (χ0) is 13.7. The van der Waals surface area contributed by atoms with E-state index in [1.54, 1.807) is 0 Å². The molecule has 19 heavy (non-hydrogen) atoms. The SMILES string of the molecule is C[P@](S[C@@H]1C[C@H]2CC[C@]1(C)C2(C)C)C1CCCCC1. The van der Waals surface area contributed by atoms with Crippen molar-refractivity contribution < 1.29 is 0 Å². The molecule has 0 unspecified atom stereocenters. The Bertz CT molecular complexity index is 334. The summed E-state index contributed by atoms with van der Waals surface area (Å²) in [5.74, 6) is 1.02. The van der Waals surface area contributed by atoms with Crippen LogP contribution in [0.25, 0.3) is 0 Å². The Labute approximate surface area is 125 Å². The lowest BCUT2D eigenvalue weighted by molar-refractivity contribution is 0.157. The van der Waals surface area contributed by atoms with Crippen LogP contribution in [0.15, 0.2) is 0 Å². The average Bonchev–Trinajstić information content (AvgIpc) is 2.73. The van der Waals surface area contributed by atoms with Crippen LogP contribution >= 0.6 is 18.5 Å². The summed E-state index contributed by atoms with van der Waals surface area (Å²) >= 11 is 2.44. The fraction of sp³-hybridized carbons (Fsp3) is 1.00. The Morgan fingerprint density at radius 1 is 1.00 bits per heavy atom. The molecule has 0 radical (unpaired) electrons. The quantitative estimate of drug-likeness (QED) is 0.551. The van der Waals surface area contributed by atoms with Crippen molar-refractivity contribution in [2.45, 2.75) is 83.0 Å². The third-order valence-electron chi connectivity index (χ3n) is 7.10. The van der Waals surface area contributed by atoms with E-state index in [0.717, 1.165) is 16.8 Å². The van der Waals surface area contributed by atoms with Gasteiger partial charge in [0, 0.05) is 5.25 Å². The molecule has 0 aromatic heterocycles. The number of rotatable bonds is 3. The molecule has 2 heteroatoms. The zero-order valence-electron chi connectivity index (χ0n) is 13.2. The minimum Gasteiger partial charge on any atom is -0.130 e. The molecule has 0 spiro atoms. The van der Waals surface area contributed by atoms with E-state index in [9.17, 15) is 0 Å². The van der Waals surface area contributed by atoms with Gasteiger partial charge in [-0.1, -0.05) is 40.0 Å². The summed E-state index contributed by atoms with van der Waals surface area (Å²) in [5, 5.41) is 0.972. The highest BCUT2D eigenvalue weighted by Gasteiger charge is 2.61. The normalized spacial score (nSPS) is 43.6. The van der Waals surface area contributed by atoms with Crippen LogP contribution in [0.3, 0.4) is 0 Å². The topological polar surface area (TPSA) is 0 Å². The summed E-state index contributed by atoms with van der Waals surface area (Å²) < 4.78 is 0. The molecule has 0 saturated heterocycles. The molecule has 0 nitrogen and oxygen atoms in total. The highest BCUT2D eigenvalue weighted by atomic mass is 32.7. The Morgan fingerprint density at radius 3 is 2.21 bits per heavy atom. The van der Waals surface area contributed by atoms with Gasteiger partial charge in [-0.2, -0.15) is 0 Å². The molecule has 3 aliphatic rings. The van der Waals surface area contributed by atoms with Crippen LogP contribution < -0.4 is 0 Å². The van der Waals surface area contributed by atoms with Crippen molar-refractivity contribution in [1.82, 2.24) is 0 Å². The smallest absolute Gasteiger partial charge is 0.0150 e. The Morgan fingerprint density at radius 2 is 1.68 bits per heavy atom. The van der Waals surface area contributed by atoms with Crippen LogP contribution in [0.1, 0.15) is 72.1 Å². The summed E-state index contributed by atoms with van der Waals surface area (Å²) in [6.45, 7) is 10.3. The van der Waals surface area contributed by atoms with Gasteiger partial charge in [0.15, 0.2) is 0 Å². The van der Waals surface area contributed by atoms with Crippen LogP contribution in [0, 0.1) is 16.7 Å². The lowest BCUT2D eigenvalue weighted by Crippen LogP contribution is -2.33. The maximum absolute atomic E-state index is 2.61. The van der Waals surface area contributed by atoms with Gasteiger partial charge in [0.2, 0.25) is 0 Å². The van der Waals surface area contributed by atoms with E-state index in [2.05, 4.69) is 38.8 Å². The summed E-state index contributed by atoms with van der Waals surface area (Å²) in [6.07, 6.45) is 12.1. The minimum atomic E-state index is 0.222. The second-order valence-corrected chi connectivity index (χ2v) is 13.0. The second-order valence-electron chi connectivity index (χ2n) is 8.04. The largest absolute Gasteiger partial charge is 0.130 e. The van der Waals surface area contributed by atoms with E-state index in [-0.39, 0.29) is 7.12 Å². The van der Waals surface area contributed by atoms with Crippen molar-refractivity contribution in [3.8, 4) is 0 Å². The molecule has 4 atom stereocenters. The van der Waals surface area contributed by atoms with E-state index in [4.69, 9.17) is 0 Å². The first-order valence-electron chi connectivity index (χ1n) is 8.35.